The first-order valence-electron chi connectivity index (χ1n) is 28.9. The molecule has 0 radical (unpaired) electrons. The Balaban J connectivity index is 2.77. The van der Waals surface area contributed by atoms with E-state index >= 15 is 0 Å². The predicted octanol–water partition coefficient (Wildman–Crippen LogP) is 14.7. The summed E-state index contributed by atoms with van der Waals surface area (Å²) in [7, 11) is 0. The molecule has 0 saturated carbocycles. The highest BCUT2D eigenvalue weighted by Gasteiger charge is 2.50. The molecule has 0 aliphatic carbocycles. The van der Waals surface area contributed by atoms with Crippen molar-refractivity contribution in [2.24, 2.45) is 0 Å². The predicted molar refractivity (Wildman–Crippen MR) is 303 cm³/mol. The van der Waals surface area contributed by atoms with Crippen LogP contribution in [0.15, 0.2) is 109 Å². The average Bonchev–Trinajstić information content (AvgIpc) is 3.39. The third kappa shape index (κ3) is 40.3. The number of carboxylic acid groups (broad SMARTS) is 1. The van der Waals surface area contributed by atoms with E-state index in [1.54, 1.807) is 12.2 Å². The topological polar surface area (TPSA) is 175 Å². The van der Waals surface area contributed by atoms with Gasteiger partial charge in [0.2, 0.25) is 0 Å². The average molecular weight is 1050 g/mol. The van der Waals surface area contributed by atoms with Gasteiger partial charge >= 0.3 is 23.9 Å². The molecule has 0 aromatic heterocycles. The first kappa shape index (κ1) is 68.4. The largest absolute Gasteiger partial charge is 0.479 e. The third-order valence-electron chi connectivity index (χ3n) is 12.4. The summed E-state index contributed by atoms with van der Waals surface area (Å²) in [6.45, 7) is 5.65. The van der Waals surface area contributed by atoms with Crippen LogP contribution >= 0.6 is 0 Å². The smallest absolute Gasteiger partial charge is 0.335 e. The molecule has 1 aliphatic rings. The summed E-state index contributed by atoms with van der Waals surface area (Å²) in [5, 5.41) is 31.4. The van der Waals surface area contributed by atoms with Gasteiger partial charge in [-0.2, -0.15) is 0 Å². The van der Waals surface area contributed by atoms with Gasteiger partial charge in [0.1, 0.15) is 18.8 Å². The van der Waals surface area contributed by atoms with Crippen LogP contribution in [0.1, 0.15) is 213 Å². The van der Waals surface area contributed by atoms with Gasteiger partial charge in [0.05, 0.1) is 13.0 Å². The van der Waals surface area contributed by atoms with Crippen LogP contribution in [0.25, 0.3) is 0 Å². The van der Waals surface area contributed by atoms with Crippen molar-refractivity contribution in [2.45, 2.75) is 250 Å². The number of carboxylic acids is 1. The Bertz CT molecular complexity index is 1720. The number of aliphatic hydroxyl groups excluding tert-OH is 2. The Morgan fingerprint density at radius 2 is 0.880 bits per heavy atom. The van der Waals surface area contributed by atoms with Gasteiger partial charge in [0, 0.05) is 12.8 Å². The van der Waals surface area contributed by atoms with Gasteiger partial charge in [-0.15, -0.1) is 0 Å². The van der Waals surface area contributed by atoms with E-state index in [2.05, 4.69) is 93.7 Å². The highest BCUT2D eigenvalue weighted by Crippen LogP contribution is 2.26. The molecule has 12 nitrogen and oxygen atoms in total. The summed E-state index contributed by atoms with van der Waals surface area (Å²) < 4.78 is 28.2. The number of ether oxygens (including phenoxy) is 5. The van der Waals surface area contributed by atoms with E-state index in [-0.39, 0.29) is 25.9 Å². The van der Waals surface area contributed by atoms with E-state index in [0.717, 1.165) is 64.2 Å². The van der Waals surface area contributed by atoms with Gasteiger partial charge in [-0.1, -0.05) is 233 Å². The molecule has 424 valence electrons. The highest BCUT2D eigenvalue weighted by atomic mass is 16.7. The van der Waals surface area contributed by atoms with Gasteiger partial charge in [0.25, 0.3) is 0 Å². The fourth-order valence-corrected chi connectivity index (χ4v) is 8.04. The first-order chi connectivity index (χ1) is 36.6. The van der Waals surface area contributed by atoms with Crippen molar-refractivity contribution in [2.75, 3.05) is 13.2 Å². The minimum absolute atomic E-state index is 0.0277. The molecular weight excluding hydrogens is 949 g/mol. The van der Waals surface area contributed by atoms with Crippen LogP contribution < -0.4 is 0 Å². The first-order valence-corrected chi connectivity index (χ1v) is 28.9. The van der Waals surface area contributed by atoms with Crippen molar-refractivity contribution < 1.29 is 58.2 Å². The normalized spacial score (nSPS) is 19.0. The Morgan fingerprint density at radius 3 is 1.32 bits per heavy atom. The molecular formula is C63H100O12. The molecule has 6 atom stereocenters. The van der Waals surface area contributed by atoms with Crippen molar-refractivity contribution in [3.8, 4) is 0 Å². The van der Waals surface area contributed by atoms with Crippen molar-refractivity contribution in [3.05, 3.63) is 109 Å². The summed E-state index contributed by atoms with van der Waals surface area (Å²) in [5.41, 5.74) is 0. The van der Waals surface area contributed by atoms with Crippen molar-refractivity contribution in [3.63, 3.8) is 0 Å². The van der Waals surface area contributed by atoms with Crippen LogP contribution in [0, 0.1) is 0 Å². The van der Waals surface area contributed by atoms with E-state index in [1.165, 1.54) is 83.5 Å². The standard InChI is InChI=1S/C63H100O12/c1-4-7-10-13-16-19-22-25-27-28-30-32-34-37-40-43-46-49-55(64)71-52-54(73-56(65)50-47-44-41-38-35-31-24-21-18-15-12-9-6-3)53-72-63-61(59(68)58(67)60(75-63)62(69)70)74-57(66)51-48-45-42-39-36-33-29-26-23-20-17-14-11-8-5-2/h8-9,11-12,17-18,20-21,26,29,31,35-36,39,41,44-45,48,54,58-61,63,67-68H,4-7,10,13-16,19,22-25,27-28,30,32-34,37-38,40,42-43,46-47,49-53H2,1-3H3,(H,69,70)/b11-8-,12-9-,20-17-,21-18-,29-26-,35-31-,39-36-,44-41-,48-45-. The molecule has 6 unspecified atom stereocenters. The molecule has 1 rings (SSSR count). The molecule has 1 fully saturated rings. The number of unbranched alkanes of at least 4 members (excludes halogenated alkanes) is 16. The van der Waals surface area contributed by atoms with Crippen molar-refractivity contribution in [1.29, 1.82) is 0 Å². The van der Waals surface area contributed by atoms with E-state index in [4.69, 9.17) is 23.7 Å². The third-order valence-corrected chi connectivity index (χ3v) is 12.4. The number of rotatable bonds is 47. The molecule has 0 spiro atoms. The van der Waals surface area contributed by atoms with Gasteiger partial charge in [-0.05, 0) is 70.6 Å². The minimum Gasteiger partial charge on any atom is -0.479 e. The maximum atomic E-state index is 13.1. The van der Waals surface area contributed by atoms with Gasteiger partial charge in [-0.25, -0.2) is 4.79 Å². The van der Waals surface area contributed by atoms with Crippen LogP contribution in [0.2, 0.25) is 0 Å². The molecule has 3 N–H and O–H groups in total. The summed E-state index contributed by atoms with van der Waals surface area (Å²) in [6.07, 6.45) is 55.4. The second-order valence-corrected chi connectivity index (χ2v) is 19.2. The van der Waals surface area contributed by atoms with E-state index in [9.17, 15) is 34.5 Å². The number of carbonyl (C=O) groups is 4. The molecule has 0 bridgehead atoms. The van der Waals surface area contributed by atoms with Crippen LogP contribution in [0.3, 0.4) is 0 Å². The molecule has 1 aliphatic heterocycles. The molecule has 0 aromatic carbocycles. The number of esters is 3. The summed E-state index contributed by atoms with van der Waals surface area (Å²) in [5.74, 6) is -3.40. The van der Waals surface area contributed by atoms with E-state index in [0.29, 0.717) is 25.7 Å². The lowest BCUT2D eigenvalue weighted by molar-refractivity contribution is -0.301. The van der Waals surface area contributed by atoms with E-state index < -0.39 is 67.3 Å². The molecule has 12 heteroatoms. The van der Waals surface area contributed by atoms with Crippen LogP contribution in [-0.4, -0.2) is 89.2 Å². The lowest BCUT2D eigenvalue weighted by Crippen LogP contribution is -2.61. The minimum atomic E-state index is -1.95. The number of aliphatic carboxylic acids is 1. The lowest BCUT2D eigenvalue weighted by Gasteiger charge is -2.40. The summed E-state index contributed by atoms with van der Waals surface area (Å²) >= 11 is 0. The lowest BCUT2D eigenvalue weighted by atomic mass is 9.98. The summed E-state index contributed by atoms with van der Waals surface area (Å²) in [6, 6.07) is 0. The zero-order valence-electron chi connectivity index (χ0n) is 46.5. The quantitative estimate of drug-likeness (QED) is 0.0228. The second kappa shape index (κ2) is 50.2. The molecule has 75 heavy (non-hydrogen) atoms. The summed E-state index contributed by atoms with van der Waals surface area (Å²) in [4.78, 5) is 51.0. The van der Waals surface area contributed by atoms with Crippen molar-refractivity contribution in [1.82, 2.24) is 0 Å². The maximum absolute atomic E-state index is 13.1. The Hall–Kier alpha value is -4.62. The van der Waals surface area contributed by atoms with Gasteiger partial charge in [0.15, 0.2) is 24.6 Å². The van der Waals surface area contributed by atoms with Gasteiger partial charge in [-0.3, -0.25) is 14.4 Å². The number of hydrogen-bond donors (Lipinski definition) is 3. The van der Waals surface area contributed by atoms with E-state index in [1.807, 2.05) is 24.3 Å². The Labute approximate surface area is 453 Å². The molecule has 1 heterocycles. The van der Waals surface area contributed by atoms with Crippen LogP contribution in [0.4, 0.5) is 0 Å². The monoisotopic (exact) mass is 1050 g/mol. The Kier molecular flexibility index (Phi) is 45.8. The number of allylic oxidation sites excluding steroid dienone is 17. The number of carbonyl (C=O) groups excluding carboxylic acids is 3. The number of hydrogen-bond acceptors (Lipinski definition) is 11. The SMILES string of the molecule is CC/C=C\C/C=C\C/C=C\C/C=C\C/C=C\CC(=O)OC1C(OCC(COC(=O)CCCCCCCCCCCCCCCCCCC)OC(=O)CC/C=C\C/C=C\C/C=C\C/C=C\CC)OC(C(=O)O)C(O)C1O. The maximum Gasteiger partial charge on any atom is 0.335 e. The zero-order chi connectivity index (χ0) is 54.7. The molecule has 0 amide bonds. The second-order valence-electron chi connectivity index (χ2n) is 19.2. The Morgan fingerprint density at radius 1 is 0.467 bits per heavy atom. The molecule has 1 saturated heterocycles. The van der Waals surface area contributed by atoms with Crippen LogP contribution in [-0.2, 0) is 42.9 Å². The number of aliphatic hydroxyl groups is 2. The van der Waals surface area contributed by atoms with Gasteiger partial charge < -0.3 is 39.0 Å². The zero-order valence-corrected chi connectivity index (χ0v) is 46.5. The van der Waals surface area contributed by atoms with Crippen molar-refractivity contribution >= 4 is 23.9 Å². The fourth-order valence-electron chi connectivity index (χ4n) is 8.04. The molecule has 0 aromatic rings. The fraction of sp³-hybridized carbons (Fsp3) is 0.651. The highest BCUT2D eigenvalue weighted by molar-refractivity contribution is 5.74. The van der Waals surface area contributed by atoms with Crippen LogP contribution in [0.5, 0.6) is 0 Å².